The minimum Gasteiger partial charge on any atom is -0.387 e. The fourth-order valence-corrected chi connectivity index (χ4v) is 3.09. The summed E-state index contributed by atoms with van der Waals surface area (Å²) in [5.41, 5.74) is 1.37. The van der Waals surface area contributed by atoms with Crippen molar-refractivity contribution in [3.05, 3.63) is 65.2 Å². The largest absolute Gasteiger partial charge is 0.387 e. The zero-order chi connectivity index (χ0) is 17.8. The lowest BCUT2D eigenvalue weighted by molar-refractivity contribution is 0.109. The van der Waals surface area contributed by atoms with E-state index in [1.165, 1.54) is 18.2 Å². The molecule has 1 N–H and O–H groups in total. The van der Waals surface area contributed by atoms with Crippen LogP contribution in [0.25, 0.3) is 0 Å². The molecule has 6 heteroatoms. The number of aliphatic hydroxyl groups is 1. The Kier molecular flexibility index (Phi) is 5.27. The van der Waals surface area contributed by atoms with E-state index >= 15 is 0 Å². The number of piperazine rings is 1. The second-order valence-corrected chi connectivity index (χ2v) is 6.10. The minimum absolute atomic E-state index is 0.0716. The van der Waals surface area contributed by atoms with Crippen molar-refractivity contribution in [2.75, 3.05) is 37.6 Å². The summed E-state index contributed by atoms with van der Waals surface area (Å²) in [7, 11) is 0. The van der Waals surface area contributed by atoms with Crippen molar-refractivity contribution in [3.8, 4) is 6.07 Å². The molecule has 1 aliphatic heterocycles. The highest BCUT2D eigenvalue weighted by Gasteiger charge is 2.22. The van der Waals surface area contributed by atoms with Crippen LogP contribution in [0.2, 0.25) is 0 Å². The highest BCUT2D eigenvalue weighted by Crippen LogP contribution is 2.24. The molecule has 0 bridgehead atoms. The average Bonchev–Trinajstić information content (AvgIpc) is 2.62. The summed E-state index contributed by atoms with van der Waals surface area (Å²) in [6, 6.07) is 12.4. The van der Waals surface area contributed by atoms with Gasteiger partial charge in [-0.1, -0.05) is 18.2 Å². The Hall–Kier alpha value is -2.49. The Labute approximate surface area is 145 Å². The molecule has 0 amide bonds. The predicted molar refractivity (Wildman–Crippen MR) is 91.1 cm³/mol. The van der Waals surface area contributed by atoms with Crippen LogP contribution in [0.3, 0.4) is 0 Å². The molecule has 0 spiro atoms. The van der Waals surface area contributed by atoms with Gasteiger partial charge in [-0.15, -0.1) is 0 Å². The molecule has 1 unspecified atom stereocenters. The first kappa shape index (κ1) is 17.3. The summed E-state index contributed by atoms with van der Waals surface area (Å²) in [6.07, 6.45) is -0.684. The number of anilines is 1. The van der Waals surface area contributed by atoms with Gasteiger partial charge >= 0.3 is 0 Å². The van der Waals surface area contributed by atoms with Gasteiger partial charge in [-0.25, -0.2) is 8.78 Å². The molecule has 1 atom stereocenters. The van der Waals surface area contributed by atoms with Gasteiger partial charge in [0.05, 0.1) is 11.8 Å². The van der Waals surface area contributed by atoms with Crippen molar-refractivity contribution in [2.45, 2.75) is 6.10 Å². The van der Waals surface area contributed by atoms with Crippen LogP contribution in [0.5, 0.6) is 0 Å². The van der Waals surface area contributed by atoms with Gasteiger partial charge in [-0.3, -0.25) is 4.90 Å². The van der Waals surface area contributed by atoms with Crippen molar-refractivity contribution < 1.29 is 13.9 Å². The second kappa shape index (κ2) is 7.60. The zero-order valence-corrected chi connectivity index (χ0v) is 13.7. The lowest BCUT2D eigenvalue weighted by Crippen LogP contribution is -2.47. The van der Waals surface area contributed by atoms with Gasteiger partial charge in [0.1, 0.15) is 23.3 Å². The number of nitrogens with zero attached hydrogens (tertiary/aromatic N) is 3. The highest BCUT2D eigenvalue weighted by atomic mass is 19.1. The van der Waals surface area contributed by atoms with Gasteiger partial charge in [0.2, 0.25) is 0 Å². The highest BCUT2D eigenvalue weighted by molar-refractivity contribution is 5.60. The Morgan fingerprint density at radius 2 is 1.72 bits per heavy atom. The first-order valence-corrected chi connectivity index (χ1v) is 8.18. The number of rotatable bonds is 4. The summed E-state index contributed by atoms with van der Waals surface area (Å²) >= 11 is 0. The maximum atomic E-state index is 13.8. The normalized spacial score (nSPS) is 16.5. The number of benzene rings is 2. The molecular formula is C19H19F2N3O. The van der Waals surface area contributed by atoms with E-state index in [-0.39, 0.29) is 11.4 Å². The number of nitriles is 1. The number of halogens is 2. The van der Waals surface area contributed by atoms with Crippen LogP contribution < -0.4 is 4.90 Å². The Morgan fingerprint density at radius 1 is 1.04 bits per heavy atom. The molecule has 130 valence electrons. The van der Waals surface area contributed by atoms with Gasteiger partial charge in [0.15, 0.2) is 0 Å². The number of hydrogen-bond donors (Lipinski definition) is 1. The Bertz CT molecular complexity index is 765. The zero-order valence-electron chi connectivity index (χ0n) is 13.7. The molecule has 4 nitrogen and oxygen atoms in total. The molecule has 3 rings (SSSR count). The van der Waals surface area contributed by atoms with Crippen molar-refractivity contribution in [1.82, 2.24) is 4.90 Å². The summed E-state index contributed by atoms with van der Waals surface area (Å²) in [4.78, 5) is 4.10. The first-order chi connectivity index (χ1) is 12.1. The summed E-state index contributed by atoms with van der Waals surface area (Å²) < 4.78 is 26.7. The van der Waals surface area contributed by atoms with E-state index in [4.69, 9.17) is 5.26 Å². The molecule has 1 heterocycles. The Morgan fingerprint density at radius 3 is 2.36 bits per heavy atom. The average molecular weight is 343 g/mol. The molecule has 0 radical (unpaired) electrons. The van der Waals surface area contributed by atoms with Gasteiger partial charge < -0.3 is 10.0 Å². The SMILES string of the molecule is N#Cc1c(F)cccc1N1CCN(CC(O)c2ccc(F)cc2)CC1. The van der Waals surface area contributed by atoms with Crippen molar-refractivity contribution in [2.24, 2.45) is 0 Å². The lowest BCUT2D eigenvalue weighted by Gasteiger charge is -2.37. The third-order valence-electron chi connectivity index (χ3n) is 4.50. The lowest BCUT2D eigenvalue weighted by atomic mass is 10.1. The fourth-order valence-electron chi connectivity index (χ4n) is 3.09. The smallest absolute Gasteiger partial charge is 0.143 e. The molecule has 25 heavy (non-hydrogen) atoms. The predicted octanol–water partition coefficient (Wildman–Crippen LogP) is 2.69. The van der Waals surface area contributed by atoms with E-state index in [2.05, 4.69) is 4.90 Å². The molecule has 1 fully saturated rings. The quantitative estimate of drug-likeness (QED) is 0.927. The molecule has 2 aromatic rings. The van der Waals surface area contributed by atoms with Crippen LogP contribution in [0.4, 0.5) is 14.5 Å². The monoisotopic (exact) mass is 343 g/mol. The van der Waals surface area contributed by atoms with Crippen LogP contribution in [-0.2, 0) is 0 Å². The minimum atomic E-state index is -0.684. The van der Waals surface area contributed by atoms with Crippen LogP contribution in [0.15, 0.2) is 42.5 Å². The molecule has 1 saturated heterocycles. The van der Waals surface area contributed by atoms with Gasteiger partial charge in [0, 0.05) is 32.7 Å². The van der Waals surface area contributed by atoms with E-state index in [1.807, 2.05) is 11.0 Å². The summed E-state index contributed by atoms with van der Waals surface area (Å²) in [5, 5.41) is 19.5. The van der Waals surface area contributed by atoms with E-state index in [9.17, 15) is 13.9 Å². The van der Waals surface area contributed by atoms with Crippen LogP contribution in [0, 0.1) is 23.0 Å². The maximum Gasteiger partial charge on any atom is 0.143 e. The number of β-amino-alcohol motifs (C(OH)–C–C–N with tert-alkyl or cyclic N) is 1. The molecule has 0 saturated carbocycles. The molecule has 0 aliphatic carbocycles. The van der Waals surface area contributed by atoms with E-state index in [0.717, 1.165) is 0 Å². The van der Waals surface area contributed by atoms with Crippen LogP contribution in [0.1, 0.15) is 17.2 Å². The number of hydrogen-bond acceptors (Lipinski definition) is 4. The fraction of sp³-hybridized carbons (Fsp3) is 0.316. The van der Waals surface area contributed by atoms with Crippen LogP contribution >= 0.6 is 0 Å². The van der Waals surface area contributed by atoms with E-state index in [1.54, 1.807) is 24.3 Å². The molecule has 1 aliphatic rings. The summed E-state index contributed by atoms with van der Waals surface area (Å²) in [5.74, 6) is -0.831. The van der Waals surface area contributed by atoms with Gasteiger partial charge in [-0.05, 0) is 29.8 Å². The summed E-state index contributed by atoms with van der Waals surface area (Å²) in [6.45, 7) is 3.13. The van der Waals surface area contributed by atoms with Gasteiger partial charge in [-0.2, -0.15) is 5.26 Å². The molecular weight excluding hydrogens is 324 g/mol. The van der Waals surface area contributed by atoms with Crippen molar-refractivity contribution in [1.29, 1.82) is 5.26 Å². The third kappa shape index (κ3) is 3.95. The Balaban J connectivity index is 1.60. The second-order valence-electron chi connectivity index (χ2n) is 6.10. The van der Waals surface area contributed by atoms with Crippen molar-refractivity contribution >= 4 is 5.69 Å². The first-order valence-electron chi connectivity index (χ1n) is 8.18. The topological polar surface area (TPSA) is 50.5 Å². The van der Waals surface area contributed by atoms with Gasteiger partial charge in [0.25, 0.3) is 0 Å². The van der Waals surface area contributed by atoms with Crippen molar-refractivity contribution in [3.63, 3.8) is 0 Å². The van der Waals surface area contributed by atoms with Crippen LogP contribution in [-0.4, -0.2) is 42.7 Å². The molecule has 0 aromatic heterocycles. The maximum absolute atomic E-state index is 13.8. The van der Waals surface area contributed by atoms with E-state index in [0.29, 0.717) is 44.0 Å². The number of aliphatic hydroxyl groups excluding tert-OH is 1. The third-order valence-corrected chi connectivity index (χ3v) is 4.50. The van der Waals surface area contributed by atoms with E-state index < -0.39 is 11.9 Å². The molecule has 2 aromatic carbocycles. The standard InChI is InChI=1S/C19H19F2N3O/c20-15-6-4-14(5-7-15)19(25)13-23-8-10-24(11-9-23)18-3-1-2-17(21)16(18)12-22/h1-7,19,25H,8-11,13H2.